The molecule has 4 nitrogen and oxygen atoms in total. The van der Waals surface area contributed by atoms with Gasteiger partial charge in [-0.3, -0.25) is 9.59 Å². The molecule has 4 heteroatoms. The highest BCUT2D eigenvalue weighted by Gasteiger charge is 2.65. The van der Waals surface area contributed by atoms with Crippen molar-refractivity contribution < 1.29 is 14.7 Å². The Morgan fingerprint density at radius 2 is 1.96 bits per heavy atom. The van der Waals surface area contributed by atoms with Crippen LogP contribution in [0.1, 0.15) is 60.3 Å². The number of Topliss-reactive ketones (excluding diaryl/α,β-unsaturated/α-hetero) is 1. The first kappa shape index (κ1) is 19.3. The molecule has 0 radical (unpaired) electrons. The van der Waals surface area contributed by atoms with Crippen LogP contribution in [0.25, 0.3) is 0 Å². The summed E-state index contributed by atoms with van der Waals surface area (Å²) in [4.78, 5) is 26.8. The summed E-state index contributed by atoms with van der Waals surface area (Å²) in [6.45, 7) is 10.7. The minimum absolute atomic E-state index is 0.0229. The summed E-state index contributed by atoms with van der Waals surface area (Å²) in [6.07, 6.45) is 5.65. The fourth-order valence-electron chi connectivity index (χ4n) is 5.57. The van der Waals surface area contributed by atoms with Crippen molar-refractivity contribution in [3.8, 4) is 0 Å². The van der Waals surface area contributed by atoms with Crippen LogP contribution in [-0.4, -0.2) is 28.9 Å². The first-order valence-electron chi connectivity index (χ1n) is 10.0. The molecule has 1 spiro atoms. The molecule has 0 unspecified atom stereocenters. The van der Waals surface area contributed by atoms with E-state index in [1.54, 1.807) is 0 Å². The van der Waals surface area contributed by atoms with Crippen LogP contribution in [0, 0.1) is 29.1 Å². The van der Waals surface area contributed by atoms with Crippen LogP contribution in [0.5, 0.6) is 0 Å². The van der Waals surface area contributed by atoms with Gasteiger partial charge in [0.2, 0.25) is 5.91 Å². The highest BCUT2D eigenvalue weighted by molar-refractivity contribution is 6.09. The van der Waals surface area contributed by atoms with E-state index in [1.165, 1.54) is 5.57 Å². The van der Waals surface area contributed by atoms with Gasteiger partial charge in [0.15, 0.2) is 5.78 Å². The van der Waals surface area contributed by atoms with E-state index in [0.717, 1.165) is 12.0 Å². The van der Waals surface area contributed by atoms with Crippen LogP contribution in [0.3, 0.4) is 0 Å². The van der Waals surface area contributed by atoms with E-state index in [4.69, 9.17) is 0 Å². The van der Waals surface area contributed by atoms with Gasteiger partial charge < -0.3 is 10.4 Å². The Hall–Kier alpha value is -1.42. The molecule has 1 saturated heterocycles. The number of allylic oxidation sites excluding steroid dienone is 3. The third-order valence-corrected chi connectivity index (χ3v) is 6.85. The minimum atomic E-state index is -1.03. The highest BCUT2D eigenvalue weighted by atomic mass is 16.3. The molecular weight excluding hydrogens is 326 g/mol. The van der Waals surface area contributed by atoms with Crippen molar-refractivity contribution in [2.45, 2.75) is 72.4 Å². The molecule has 2 N–H and O–H groups in total. The Labute approximate surface area is 157 Å². The fraction of sp³-hybridized carbons (Fsp3) is 0.727. The molecule has 6 atom stereocenters. The summed E-state index contributed by atoms with van der Waals surface area (Å²) in [5.74, 6) is 0.307. The highest BCUT2D eigenvalue weighted by Crippen LogP contribution is 2.56. The van der Waals surface area contributed by atoms with Crippen LogP contribution >= 0.6 is 0 Å². The van der Waals surface area contributed by atoms with Gasteiger partial charge in [0, 0.05) is 24.3 Å². The van der Waals surface area contributed by atoms with Gasteiger partial charge in [0.25, 0.3) is 0 Å². The van der Waals surface area contributed by atoms with Crippen LogP contribution in [0.2, 0.25) is 0 Å². The second kappa shape index (κ2) is 6.95. The van der Waals surface area contributed by atoms with E-state index in [9.17, 15) is 14.7 Å². The summed E-state index contributed by atoms with van der Waals surface area (Å²) >= 11 is 0. The molecule has 26 heavy (non-hydrogen) atoms. The van der Waals surface area contributed by atoms with Crippen molar-refractivity contribution in [1.82, 2.24) is 5.32 Å². The van der Waals surface area contributed by atoms with Crippen molar-refractivity contribution in [3.63, 3.8) is 0 Å². The molecule has 0 aromatic carbocycles. The van der Waals surface area contributed by atoms with Gasteiger partial charge in [0.05, 0.1) is 6.10 Å². The molecule has 0 aromatic rings. The summed E-state index contributed by atoms with van der Waals surface area (Å²) in [5, 5.41) is 13.5. The van der Waals surface area contributed by atoms with Crippen molar-refractivity contribution in [3.05, 3.63) is 23.3 Å². The summed E-state index contributed by atoms with van der Waals surface area (Å²) < 4.78 is 0. The number of rotatable bonds is 2. The molecular formula is C22H33NO3. The maximum absolute atomic E-state index is 13.5. The zero-order chi connectivity index (χ0) is 19.2. The van der Waals surface area contributed by atoms with Crippen molar-refractivity contribution in [2.24, 2.45) is 29.1 Å². The predicted molar refractivity (Wildman–Crippen MR) is 102 cm³/mol. The first-order chi connectivity index (χ1) is 12.2. The molecule has 1 fully saturated rings. The van der Waals surface area contributed by atoms with Gasteiger partial charge in [-0.15, -0.1) is 0 Å². The number of hydrogen-bond acceptors (Lipinski definition) is 3. The fourth-order valence-corrected chi connectivity index (χ4v) is 5.57. The average molecular weight is 360 g/mol. The van der Waals surface area contributed by atoms with Crippen LogP contribution in [0.4, 0.5) is 0 Å². The second-order valence-electron chi connectivity index (χ2n) is 9.18. The molecule has 144 valence electrons. The Balaban J connectivity index is 2.16. The molecule has 2 aliphatic carbocycles. The van der Waals surface area contributed by atoms with E-state index in [2.05, 4.69) is 39.1 Å². The average Bonchev–Trinajstić information content (AvgIpc) is 2.84. The van der Waals surface area contributed by atoms with Gasteiger partial charge >= 0.3 is 0 Å². The lowest BCUT2D eigenvalue weighted by molar-refractivity contribution is -0.147. The van der Waals surface area contributed by atoms with Crippen LogP contribution in [-0.2, 0) is 9.59 Å². The normalized spacial score (nSPS) is 40.7. The lowest BCUT2D eigenvalue weighted by Gasteiger charge is -2.46. The second-order valence-corrected chi connectivity index (χ2v) is 9.18. The lowest BCUT2D eigenvalue weighted by Crippen LogP contribution is -2.53. The molecule has 3 rings (SSSR count). The zero-order valence-electron chi connectivity index (χ0n) is 16.7. The molecule has 1 aliphatic heterocycles. The van der Waals surface area contributed by atoms with Gasteiger partial charge in [-0.2, -0.15) is 0 Å². The van der Waals surface area contributed by atoms with Gasteiger partial charge in [0.1, 0.15) is 5.41 Å². The molecule has 3 aliphatic rings. The van der Waals surface area contributed by atoms with E-state index in [0.29, 0.717) is 18.8 Å². The molecule has 0 bridgehead atoms. The third-order valence-electron chi connectivity index (χ3n) is 6.85. The quantitative estimate of drug-likeness (QED) is 0.586. The van der Waals surface area contributed by atoms with Gasteiger partial charge in [-0.05, 0) is 44.9 Å². The number of carbonyl (C=O) groups excluding carboxylic acids is 2. The standard InChI is InChI=1S/C22H33NO3/c1-12(2)8-18-20-15(5)14(4)10-16-9-13(3)6-7-17(24)11-19(25)22(16,20)21(26)23-18/h6,10,12,15-18,20,24H,7-9,11H2,1-5H3,(H,23,26)/t15-,16+,17+,18+,20+,22-/m1/s1. The number of nitrogens with one attached hydrogen (secondary N) is 1. The zero-order valence-corrected chi connectivity index (χ0v) is 16.7. The number of amides is 1. The van der Waals surface area contributed by atoms with Crippen molar-refractivity contribution >= 4 is 11.7 Å². The minimum Gasteiger partial charge on any atom is -0.392 e. The lowest BCUT2D eigenvalue weighted by atomic mass is 9.54. The molecule has 0 aromatic heterocycles. The van der Waals surface area contributed by atoms with E-state index < -0.39 is 11.5 Å². The van der Waals surface area contributed by atoms with Crippen molar-refractivity contribution in [2.75, 3.05) is 0 Å². The number of carbonyl (C=O) groups is 2. The number of aliphatic hydroxyl groups excluding tert-OH is 1. The topological polar surface area (TPSA) is 66.4 Å². The third kappa shape index (κ3) is 2.96. The van der Waals surface area contributed by atoms with Gasteiger partial charge in [-0.25, -0.2) is 0 Å². The Morgan fingerprint density at radius 3 is 2.62 bits per heavy atom. The number of aliphatic hydroxyl groups is 1. The van der Waals surface area contributed by atoms with Crippen LogP contribution < -0.4 is 5.32 Å². The monoisotopic (exact) mass is 359 g/mol. The predicted octanol–water partition coefficient (Wildman–Crippen LogP) is 3.41. The van der Waals surface area contributed by atoms with Crippen LogP contribution in [0.15, 0.2) is 23.3 Å². The smallest absolute Gasteiger partial charge is 0.234 e. The van der Waals surface area contributed by atoms with Crippen molar-refractivity contribution in [1.29, 1.82) is 0 Å². The Bertz CT molecular complexity index is 662. The molecule has 0 saturated carbocycles. The van der Waals surface area contributed by atoms with E-state index in [1.807, 2.05) is 13.0 Å². The number of hydrogen-bond donors (Lipinski definition) is 2. The van der Waals surface area contributed by atoms with E-state index in [-0.39, 0.29) is 41.9 Å². The molecule has 1 amide bonds. The SMILES string of the molecule is CC1=CC[C@H](O)CC(=O)[C@@]23C(=O)N[C@@H](CC(C)C)[C@@H]2[C@H](C)C(C)=C[C@@H]3C1. The molecule has 1 heterocycles. The summed E-state index contributed by atoms with van der Waals surface area (Å²) in [6, 6.07) is 0.0229. The van der Waals surface area contributed by atoms with E-state index >= 15 is 0 Å². The largest absolute Gasteiger partial charge is 0.392 e. The maximum Gasteiger partial charge on any atom is 0.234 e. The van der Waals surface area contributed by atoms with Gasteiger partial charge in [-0.1, -0.05) is 44.1 Å². The Morgan fingerprint density at radius 1 is 1.27 bits per heavy atom. The first-order valence-corrected chi connectivity index (χ1v) is 10.0. The summed E-state index contributed by atoms with van der Waals surface area (Å²) in [5.41, 5.74) is 1.40. The Kier molecular flexibility index (Phi) is 5.17. The summed E-state index contributed by atoms with van der Waals surface area (Å²) in [7, 11) is 0. The maximum atomic E-state index is 13.5. The number of ketones is 1.